The van der Waals surface area contributed by atoms with Crippen LogP contribution < -0.4 is 0 Å². The van der Waals surface area contributed by atoms with Gasteiger partial charge in [-0.25, -0.2) is 13.2 Å². The van der Waals surface area contributed by atoms with E-state index >= 15 is 0 Å². The van der Waals surface area contributed by atoms with E-state index in [9.17, 15) is 27.4 Å². The van der Waals surface area contributed by atoms with E-state index in [0.29, 0.717) is 0 Å². The van der Waals surface area contributed by atoms with Crippen molar-refractivity contribution in [1.29, 1.82) is 0 Å². The summed E-state index contributed by atoms with van der Waals surface area (Å²) in [5, 5.41) is -1.99. The number of imide groups is 1. The van der Waals surface area contributed by atoms with Gasteiger partial charge in [0.05, 0.1) is 6.42 Å². The fraction of sp³-hybridized carbons (Fsp3) is 0.500. The first-order valence-corrected chi connectivity index (χ1v) is 5.20. The van der Waals surface area contributed by atoms with Crippen LogP contribution in [-0.4, -0.2) is 41.1 Å². The van der Waals surface area contributed by atoms with Crippen molar-refractivity contribution >= 4 is 27.9 Å². The van der Waals surface area contributed by atoms with Gasteiger partial charge in [-0.3, -0.25) is 9.59 Å². The minimum atomic E-state index is -4.91. The lowest BCUT2D eigenvalue weighted by atomic mass is 10.4. The van der Waals surface area contributed by atoms with Crippen molar-refractivity contribution in [2.75, 3.05) is 0 Å². The molecule has 1 saturated heterocycles. The predicted octanol–water partition coefficient (Wildman–Crippen LogP) is -1.86. The van der Waals surface area contributed by atoms with E-state index in [1.807, 2.05) is 0 Å². The Morgan fingerprint density at radius 3 is 2.40 bits per heavy atom. The summed E-state index contributed by atoms with van der Waals surface area (Å²) in [6.45, 7) is 0.930. The smallest absolute Gasteiger partial charge is 0.330 e. The van der Waals surface area contributed by atoms with Crippen LogP contribution >= 0.6 is 0 Å². The molecule has 1 heterocycles. The van der Waals surface area contributed by atoms with Crippen molar-refractivity contribution in [2.45, 2.75) is 18.6 Å². The van der Waals surface area contributed by atoms with Gasteiger partial charge in [-0.1, -0.05) is 0 Å². The van der Waals surface area contributed by atoms with Gasteiger partial charge in [0, 0.05) is 6.92 Å². The number of amides is 2. The monoisotopic (exact) mass is 236 g/mol. The van der Waals surface area contributed by atoms with Crippen LogP contribution in [0.5, 0.6) is 0 Å². The molecule has 0 radical (unpaired) electrons. The van der Waals surface area contributed by atoms with E-state index in [-0.39, 0.29) is 5.06 Å². The number of carbonyl (C=O) groups is 3. The average Bonchev–Trinajstić information content (AvgIpc) is 2.30. The molecule has 1 aliphatic heterocycles. The Balaban J connectivity index is 2.94. The summed E-state index contributed by atoms with van der Waals surface area (Å²) >= 11 is 0. The standard InChI is InChI=1S/C6H7NO7S/c1-3(8)14-7-5(9)2-4(6(7)10)15(11,12)13/h4H,2H2,1H3,(H,11,12,13)/p-1. The first kappa shape index (κ1) is 11.6. The second-order valence-electron chi connectivity index (χ2n) is 2.79. The minimum Gasteiger partial charge on any atom is -0.747 e. The summed E-state index contributed by atoms with van der Waals surface area (Å²) in [6, 6.07) is 0. The van der Waals surface area contributed by atoms with Crippen LogP contribution in [0.4, 0.5) is 0 Å². The van der Waals surface area contributed by atoms with Gasteiger partial charge < -0.3 is 9.39 Å². The SMILES string of the molecule is CC(=O)ON1C(=O)CC(S(=O)(=O)[O-])C1=O. The second kappa shape index (κ2) is 3.59. The summed E-state index contributed by atoms with van der Waals surface area (Å²) in [6.07, 6.45) is -0.794. The van der Waals surface area contributed by atoms with Crippen LogP contribution in [-0.2, 0) is 29.3 Å². The number of rotatable bonds is 2. The molecule has 84 valence electrons. The number of nitrogens with zero attached hydrogens (tertiary/aromatic N) is 1. The molecular formula is C6H6NO7S-. The molecule has 0 spiro atoms. The summed E-state index contributed by atoms with van der Waals surface area (Å²) in [5.74, 6) is -3.31. The first-order chi connectivity index (χ1) is 6.73. The van der Waals surface area contributed by atoms with E-state index < -0.39 is 39.6 Å². The van der Waals surface area contributed by atoms with Crippen molar-refractivity contribution in [3.8, 4) is 0 Å². The maximum absolute atomic E-state index is 11.1. The van der Waals surface area contributed by atoms with Crippen LogP contribution in [0, 0.1) is 0 Å². The van der Waals surface area contributed by atoms with E-state index in [0.717, 1.165) is 6.92 Å². The highest BCUT2D eigenvalue weighted by molar-refractivity contribution is 7.87. The Bertz CT molecular complexity index is 425. The van der Waals surface area contributed by atoms with E-state index in [1.54, 1.807) is 0 Å². The largest absolute Gasteiger partial charge is 0.747 e. The Labute approximate surface area is 84.5 Å². The predicted molar refractivity (Wildman–Crippen MR) is 41.7 cm³/mol. The highest BCUT2D eigenvalue weighted by Crippen LogP contribution is 2.19. The van der Waals surface area contributed by atoms with Crippen molar-refractivity contribution in [1.82, 2.24) is 5.06 Å². The molecule has 1 aliphatic rings. The number of carbonyl (C=O) groups excluding carboxylic acids is 3. The quantitative estimate of drug-likeness (QED) is 0.407. The lowest BCUT2D eigenvalue weighted by Gasteiger charge is -2.14. The van der Waals surface area contributed by atoms with Crippen LogP contribution in [0.2, 0.25) is 0 Å². The topological polar surface area (TPSA) is 121 Å². The van der Waals surface area contributed by atoms with Gasteiger partial charge in [-0.15, -0.1) is 5.06 Å². The van der Waals surface area contributed by atoms with E-state index in [4.69, 9.17) is 0 Å². The Morgan fingerprint density at radius 1 is 1.53 bits per heavy atom. The van der Waals surface area contributed by atoms with Gasteiger partial charge >= 0.3 is 5.97 Å². The molecule has 0 aliphatic carbocycles. The molecule has 0 bridgehead atoms. The zero-order chi connectivity index (χ0) is 11.8. The van der Waals surface area contributed by atoms with Gasteiger partial charge in [-0.2, -0.15) is 0 Å². The van der Waals surface area contributed by atoms with Gasteiger partial charge in [0.2, 0.25) is 0 Å². The van der Waals surface area contributed by atoms with Crippen molar-refractivity contribution in [2.24, 2.45) is 0 Å². The second-order valence-corrected chi connectivity index (χ2v) is 4.35. The fourth-order valence-corrected chi connectivity index (χ4v) is 1.72. The molecule has 0 saturated carbocycles. The summed E-state index contributed by atoms with van der Waals surface area (Å²) < 4.78 is 31.6. The molecule has 0 N–H and O–H groups in total. The zero-order valence-corrected chi connectivity index (χ0v) is 8.31. The van der Waals surface area contributed by atoms with Gasteiger partial charge in [-0.05, 0) is 0 Å². The molecule has 9 heteroatoms. The Morgan fingerprint density at radius 2 is 2.07 bits per heavy atom. The lowest BCUT2D eigenvalue weighted by Crippen LogP contribution is -2.36. The van der Waals surface area contributed by atoms with Crippen LogP contribution in [0.3, 0.4) is 0 Å². The molecule has 2 amide bonds. The summed E-state index contributed by atoms with van der Waals surface area (Å²) in [4.78, 5) is 36.8. The van der Waals surface area contributed by atoms with E-state index in [2.05, 4.69) is 4.84 Å². The zero-order valence-electron chi connectivity index (χ0n) is 7.50. The number of hydrogen-bond acceptors (Lipinski definition) is 7. The van der Waals surface area contributed by atoms with Crippen molar-refractivity contribution in [3.05, 3.63) is 0 Å². The molecule has 1 atom stereocenters. The third-order valence-corrected chi connectivity index (χ3v) is 2.70. The maximum atomic E-state index is 11.1. The van der Waals surface area contributed by atoms with E-state index in [1.165, 1.54) is 0 Å². The minimum absolute atomic E-state index is 0.00243. The molecule has 1 unspecified atom stereocenters. The number of hydroxylamine groups is 2. The lowest BCUT2D eigenvalue weighted by molar-refractivity contribution is -0.195. The van der Waals surface area contributed by atoms with Gasteiger partial charge in [0.1, 0.15) is 15.4 Å². The Hall–Kier alpha value is -1.48. The molecule has 8 nitrogen and oxygen atoms in total. The molecule has 0 aromatic carbocycles. The third kappa shape index (κ3) is 2.30. The normalized spacial score (nSPS) is 22.0. The average molecular weight is 236 g/mol. The Kier molecular flexibility index (Phi) is 2.77. The first-order valence-electron chi connectivity index (χ1n) is 3.73. The molecule has 15 heavy (non-hydrogen) atoms. The molecule has 1 fully saturated rings. The number of hydrogen-bond donors (Lipinski definition) is 0. The fourth-order valence-electron chi connectivity index (χ4n) is 1.03. The van der Waals surface area contributed by atoms with Gasteiger partial charge in [0.15, 0.2) is 0 Å². The highest BCUT2D eigenvalue weighted by Gasteiger charge is 2.44. The highest BCUT2D eigenvalue weighted by atomic mass is 32.2. The van der Waals surface area contributed by atoms with Crippen LogP contribution in [0.15, 0.2) is 0 Å². The van der Waals surface area contributed by atoms with Crippen LogP contribution in [0.25, 0.3) is 0 Å². The summed E-state index contributed by atoms with van der Waals surface area (Å²) in [5.41, 5.74) is 0. The molecule has 1 rings (SSSR count). The van der Waals surface area contributed by atoms with Gasteiger partial charge in [0.25, 0.3) is 11.8 Å². The molecule has 0 aromatic rings. The molecule has 0 aromatic heterocycles. The maximum Gasteiger partial charge on any atom is 0.330 e. The third-order valence-electron chi connectivity index (χ3n) is 1.63. The molecular weight excluding hydrogens is 230 g/mol. The van der Waals surface area contributed by atoms with Crippen LogP contribution in [0.1, 0.15) is 13.3 Å². The van der Waals surface area contributed by atoms with Crippen molar-refractivity contribution in [3.63, 3.8) is 0 Å². The van der Waals surface area contributed by atoms with Crippen molar-refractivity contribution < 1.29 is 32.2 Å². The summed E-state index contributed by atoms with van der Waals surface area (Å²) in [7, 11) is -4.91.